The van der Waals surface area contributed by atoms with Crippen LogP contribution < -0.4 is 0 Å². The maximum atomic E-state index is 2.35. The molecule has 0 heterocycles. The largest absolute Gasteiger partial charge is 0.0622 e. The molecule has 198 valence electrons. The van der Waals surface area contributed by atoms with Crippen molar-refractivity contribution < 1.29 is 0 Å². The van der Waals surface area contributed by atoms with Crippen LogP contribution in [-0.2, 0) is 0 Å². The summed E-state index contributed by atoms with van der Waals surface area (Å²) in [4.78, 5) is 0. The normalized spacial score (nSPS) is 10.9. The van der Waals surface area contributed by atoms with Gasteiger partial charge >= 0.3 is 0 Å². The highest BCUT2D eigenvalue weighted by Gasteiger charge is 2.17. The van der Waals surface area contributed by atoms with Crippen LogP contribution >= 0.6 is 0 Å². The number of hydrogen-bond acceptors (Lipinski definition) is 0. The van der Waals surface area contributed by atoms with Gasteiger partial charge in [0.1, 0.15) is 0 Å². The van der Waals surface area contributed by atoms with Gasteiger partial charge in [0.25, 0.3) is 0 Å². The van der Waals surface area contributed by atoms with Crippen molar-refractivity contribution in [1.82, 2.24) is 0 Å². The summed E-state index contributed by atoms with van der Waals surface area (Å²) in [5.41, 5.74) is 14.7. The average Bonchev–Trinajstić information content (AvgIpc) is 3.09. The summed E-state index contributed by atoms with van der Waals surface area (Å²) in [6, 6.07) is 65.3. The van der Waals surface area contributed by atoms with E-state index in [-0.39, 0.29) is 0 Å². The van der Waals surface area contributed by atoms with Crippen LogP contribution in [0.4, 0.5) is 0 Å². The van der Waals surface area contributed by atoms with Gasteiger partial charge in [0, 0.05) is 0 Å². The summed E-state index contributed by atoms with van der Waals surface area (Å²) in [6.07, 6.45) is 0. The predicted molar refractivity (Wildman–Crippen MR) is 179 cm³/mol. The highest BCUT2D eigenvalue weighted by atomic mass is 14.2. The number of rotatable bonds is 6. The van der Waals surface area contributed by atoms with Crippen molar-refractivity contribution in [3.63, 3.8) is 0 Å². The summed E-state index contributed by atoms with van der Waals surface area (Å²) < 4.78 is 0. The third kappa shape index (κ3) is 4.96. The second-order valence-electron chi connectivity index (χ2n) is 10.5. The van der Waals surface area contributed by atoms with E-state index >= 15 is 0 Å². The predicted octanol–water partition coefficient (Wildman–Crippen LogP) is 11.7. The fraction of sp³-hybridized carbons (Fsp3) is 0. The van der Waals surface area contributed by atoms with Crippen molar-refractivity contribution in [2.24, 2.45) is 0 Å². The van der Waals surface area contributed by atoms with Crippen LogP contribution in [-0.4, -0.2) is 0 Å². The summed E-state index contributed by atoms with van der Waals surface area (Å²) in [5.74, 6) is 0. The lowest BCUT2D eigenvalue weighted by atomic mass is 9.85. The summed E-state index contributed by atoms with van der Waals surface area (Å²) in [6.45, 7) is 0. The van der Waals surface area contributed by atoms with Gasteiger partial charge in [-0.05, 0) is 72.8 Å². The molecule has 0 bridgehead atoms. The molecule has 0 aromatic heterocycles. The molecule has 7 rings (SSSR count). The molecule has 0 nitrogen and oxygen atoms in total. The van der Waals surface area contributed by atoms with Gasteiger partial charge in [-0.25, -0.2) is 0 Å². The Balaban J connectivity index is 1.44. The van der Waals surface area contributed by atoms with E-state index < -0.39 is 0 Å². The molecule has 7 aromatic carbocycles. The Labute approximate surface area is 248 Å². The zero-order valence-corrected chi connectivity index (χ0v) is 23.3. The molecule has 0 radical (unpaired) electrons. The van der Waals surface area contributed by atoms with Crippen LogP contribution in [0.1, 0.15) is 0 Å². The fourth-order valence-corrected chi connectivity index (χ4v) is 5.99. The Hall–Kier alpha value is -5.46. The SMILES string of the molecule is c1ccc(-c2cccc(-c3cccc(-c4cccc(-c5ccccc5)c4-c4ccccc4)c3)c2-c2ccccc2)cc1. The number of benzene rings is 7. The molecule has 0 heteroatoms. The van der Waals surface area contributed by atoms with E-state index in [2.05, 4.69) is 182 Å². The Morgan fingerprint density at radius 1 is 0.190 bits per heavy atom. The van der Waals surface area contributed by atoms with Crippen LogP contribution in [0, 0.1) is 0 Å². The second kappa shape index (κ2) is 11.6. The topological polar surface area (TPSA) is 0 Å². The molecule has 0 saturated heterocycles. The molecule has 0 amide bonds. The first-order valence-corrected chi connectivity index (χ1v) is 14.5. The van der Waals surface area contributed by atoms with Crippen LogP contribution in [0.3, 0.4) is 0 Å². The van der Waals surface area contributed by atoms with Crippen LogP contribution in [0.15, 0.2) is 182 Å². The maximum absolute atomic E-state index is 2.35. The first-order chi connectivity index (χ1) is 20.9. The van der Waals surface area contributed by atoms with Crippen molar-refractivity contribution in [2.75, 3.05) is 0 Å². The molecule has 0 fully saturated rings. The van der Waals surface area contributed by atoms with E-state index in [4.69, 9.17) is 0 Å². The van der Waals surface area contributed by atoms with Crippen LogP contribution in [0.25, 0.3) is 66.8 Å². The highest BCUT2D eigenvalue weighted by molar-refractivity contribution is 5.98. The third-order valence-corrected chi connectivity index (χ3v) is 7.91. The molecule has 0 spiro atoms. The van der Waals surface area contributed by atoms with E-state index in [9.17, 15) is 0 Å². The van der Waals surface area contributed by atoms with Gasteiger partial charge in [0.2, 0.25) is 0 Å². The lowest BCUT2D eigenvalue weighted by molar-refractivity contribution is 1.54. The van der Waals surface area contributed by atoms with E-state index in [0.29, 0.717) is 0 Å². The van der Waals surface area contributed by atoms with E-state index in [1.54, 1.807) is 0 Å². The third-order valence-electron chi connectivity index (χ3n) is 7.91. The molecule has 42 heavy (non-hydrogen) atoms. The minimum absolute atomic E-state index is 1.20. The Morgan fingerprint density at radius 3 is 0.810 bits per heavy atom. The summed E-state index contributed by atoms with van der Waals surface area (Å²) in [5, 5.41) is 0. The van der Waals surface area contributed by atoms with E-state index in [1.165, 1.54) is 66.8 Å². The van der Waals surface area contributed by atoms with E-state index in [1.807, 2.05) is 0 Å². The van der Waals surface area contributed by atoms with Gasteiger partial charge in [0.15, 0.2) is 0 Å². The van der Waals surface area contributed by atoms with Gasteiger partial charge in [0.05, 0.1) is 0 Å². The molecule has 0 aliphatic heterocycles. The Kier molecular flexibility index (Phi) is 7.02. The molecule has 0 aliphatic rings. The molecule has 0 unspecified atom stereocenters. The smallest absolute Gasteiger partial charge is 0.00268 e. The van der Waals surface area contributed by atoms with Crippen LogP contribution in [0.2, 0.25) is 0 Å². The maximum Gasteiger partial charge on any atom is -0.00268 e. The van der Waals surface area contributed by atoms with Crippen molar-refractivity contribution in [3.05, 3.63) is 182 Å². The van der Waals surface area contributed by atoms with Crippen molar-refractivity contribution in [1.29, 1.82) is 0 Å². The standard InChI is InChI=1S/C42H30/c1-5-16-31(17-6-1)37-26-14-28-39(41(37)33-20-9-3-10-21-33)35-24-13-25-36(30-35)40-29-15-27-38(32-18-7-2-8-19-32)42(40)34-22-11-4-12-23-34/h1-30H. The summed E-state index contributed by atoms with van der Waals surface area (Å²) in [7, 11) is 0. The fourth-order valence-electron chi connectivity index (χ4n) is 5.99. The van der Waals surface area contributed by atoms with Gasteiger partial charge in [-0.15, -0.1) is 0 Å². The Morgan fingerprint density at radius 2 is 0.452 bits per heavy atom. The Bertz CT molecular complexity index is 1800. The second-order valence-corrected chi connectivity index (χ2v) is 10.5. The van der Waals surface area contributed by atoms with Crippen LogP contribution in [0.5, 0.6) is 0 Å². The minimum atomic E-state index is 1.20. The molecule has 0 aliphatic carbocycles. The van der Waals surface area contributed by atoms with Crippen molar-refractivity contribution >= 4 is 0 Å². The van der Waals surface area contributed by atoms with Gasteiger partial charge in [-0.3, -0.25) is 0 Å². The highest BCUT2D eigenvalue weighted by Crippen LogP contribution is 2.43. The van der Waals surface area contributed by atoms with E-state index in [0.717, 1.165) is 0 Å². The summed E-state index contributed by atoms with van der Waals surface area (Å²) >= 11 is 0. The van der Waals surface area contributed by atoms with Gasteiger partial charge < -0.3 is 0 Å². The average molecular weight is 535 g/mol. The first-order valence-electron chi connectivity index (χ1n) is 14.5. The quantitative estimate of drug-likeness (QED) is 0.199. The first kappa shape index (κ1) is 25.5. The monoisotopic (exact) mass is 534 g/mol. The lowest BCUT2D eigenvalue weighted by Gasteiger charge is -2.19. The minimum Gasteiger partial charge on any atom is -0.0622 e. The molecule has 0 atom stereocenters. The van der Waals surface area contributed by atoms with Gasteiger partial charge in [-0.1, -0.05) is 176 Å². The molecular formula is C42H30. The lowest BCUT2D eigenvalue weighted by Crippen LogP contribution is -1.92. The van der Waals surface area contributed by atoms with Crippen molar-refractivity contribution in [3.8, 4) is 66.8 Å². The molecule has 0 N–H and O–H groups in total. The van der Waals surface area contributed by atoms with Crippen molar-refractivity contribution in [2.45, 2.75) is 0 Å². The molecule has 0 saturated carbocycles. The number of hydrogen-bond donors (Lipinski definition) is 0. The molecular weight excluding hydrogens is 504 g/mol. The van der Waals surface area contributed by atoms with Gasteiger partial charge in [-0.2, -0.15) is 0 Å². The molecule has 7 aromatic rings. The zero-order chi connectivity index (χ0) is 28.1. The zero-order valence-electron chi connectivity index (χ0n) is 23.3.